The number of urea groups is 1. The number of allylic oxidation sites excluding steroid dienone is 1. The summed E-state index contributed by atoms with van der Waals surface area (Å²) in [4.78, 5) is 39.3. The second-order valence-electron chi connectivity index (χ2n) is 8.71. The Morgan fingerprint density at radius 2 is 1.62 bits per heavy atom. The van der Waals surface area contributed by atoms with Crippen LogP contribution < -0.4 is 23.9 Å². The van der Waals surface area contributed by atoms with Crippen LogP contribution in [0.15, 0.2) is 83.8 Å². The van der Waals surface area contributed by atoms with Crippen molar-refractivity contribution in [2.45, 2.75) is 18.2 Å². The Morgan fingerprint density at radius 1 is 0.950 bits per heavy atom. The van der Waals surface area contributed by atoms with Crippen LogP contribution in [0.5, 0.6) is 17.2 Å². The molecule has 0 unspecified atom stereocenters. The number of ether oxygens (including phenoxy) is 2. The number of benzene rings is 3. The number of nitrogens with zero attached hydrogens (tertiary/aromatic N) is 1. The Hall–Kier alpha value is -4.90. The monoisotopic (exact) mass is 562 g/mol. The zero-order chi connectivity index (χ0) is 29.0. The number of aryl methyl sites for hydroxylation is 1. The predicted molar refractivity (Wildman–Crippen MR) is 148 cm³/mol. The van der Waals surface area contributed by atoms with E-state index < -0.39 is 28.0 Å². The lowest BCUT2D eigenvalue weighted by atomic mass is 10.0. The number of hydrogen-bond acceptors (Lipinski definition) is 8. The summed E-state index contributed by atoms with van der Waals surface area (Å²) in [5.41, 5.74) is 1.51. The molecular formula is C29H26N2O8S. The molecule has 1 saturated heterocycles. The number of methoxy groups -OCH3 is 2. The summed E-state index contributed by atoms with van der Waals surface area (Å²) in [7, 11) is -1.40. The quantitative estimate of drug-likeness (QED) is 0.178. The molecule has 0 atom stereocenters. The maximum Gasteiger partial charge on any atom is 0.339 e. The summed E-state index contributed by atoms with van der Waals surface area (Å²) in [6, 6.07) is 14.4. The van der Waals surface area contributed by atoms with Crippen LogP contribution in [0.4, 0.5) is 10.5 Å². The van der Waals surface area contributed by atoms with E-state index >= 15 is 0 Å². The normalized spacial score (nSPS) is 14.6. The van der Waals surface area contributed by atoms with Gasteiger partial charge in [-0.25, -0.2) is 9.69 Å². The number of carbonyl (C=O) groups excluding carboxylic acids is 3. The Morgan fingerprint density at radius 3 is 2.23 bits per heavy atom. The number of barbiturate groups is 1. The minimum atomic E-state index is -4.21. The minimum Gasteiger partial charge on any atom is -0.497 e. The molecular weight excluding hydrogens is 536 g/mol. The zero-order valence-corrected chi connectivity index (χ0v) is 22.8. The van der Waals surface area contributed by atoms with Gasteiger partial charge < -0.3 is 13.7 Å². The highest BCUT2D eigenvalue weighted by atomic mass is 32.2. The molecule has 1 fully saturated rings. The standard InChI is InChI=1S/C29H26N2O8S/c1-5-6-20-15-19(17-25(38-4)26(20)39-40(35,36)23-13-7-18(2)8-14-23)16-24-27(32)30-29(34)31(28(24)33)21-9-11-22(37-3)12-10-21/h5,7-17H,1,6H2,2-4H3,(H,30,32,34)/b24-16+. The lowest BCUT2D eigenvalue weighted by molar-refractivity contribution is -0.122. The molecule has 206 valence electrons. The maximum absolute atomic E-state index is 13.3. The molecule has 4 amide bonds. The van der Waals surface area contributed by atoms with E-state index in [2.05, 4.69) is 11.9 Å². The molecule has 10 nitrogen and oxygen atoms in total. The Balaban J connectivity index is 1.74. The number of amides is 4. The number of anilines is 1. The fourth-order valence-corrected chi connectivity index (χ4v) is 4.95. The molecule has 0 radical (unpaired) electrons. The third-order valence-electron chi connectivity index (χ3n) is 5.98. The number of hydrogen-bond donors (Lipinski definition) is 1. The maximum atomic E-state index is 13.3. The first-order valence-electron chi connectivity index (χ1n) is 12.0. The van der Waals surface area contributed by atoms with E-state index in [1.807, 2.05) is 6.92 Å². The summed E-state index contributed by atoms with van der Waals surface area (Å²) in [6.07, 6.45) is 3.01. The van der Waals surface area contributed by atoms with Gasteiger partial charge in [-0.15, -0.1) is 6.58 Å². The molecule has 4 rings (SSSR count). The number of nitrogens with one attached hydrogen (secondary N) is 1. The molecule has 1 aliphatic rings. The van der Waals surface area contributed by atoms with E-state index in [0.717, 1.165) is 10.5 Å². The number of carbonyl (C=O) groups is 3. The van der Waals surface area contributed by atoms with Gasteiger partial charge in [-0.05, 0) is 73.5 Å². The zero-order valence-electron chi connectivity index (χ0n) is 22.0. The highest BCUT2D eigenvalue weighted by molar-refractivity contribution is 7.87. The average molecular weight is 563 g/mol. The summed E-state index contributed by atoms with van der Waals surface area (Å²) >= 11 is 0. The third kappa shape index (κ3) is 5.74. The van der Waals surface area contributed by atoms with Crippen LogP contribution in [0.3, 0.4) is 0 Å². The van der Waals surface area contributed by atoms with Crippen molar-refractivity contribution in [1.29, 1.82) is 0 Å². The molecule has 0 aliphatic carbocycles. The highest BCUT2D eigenvalue weighted by Crippen LogP contribution is 2.37. The molecule has 40 heavy (non-hydrogen) atoms. The topological polar surface area (TPSA) is 128 Å². The first-order valence-corrected chi connectivity index (χ1v) is 13.4. The van der Waals surface area contributed by atoms with Gasteiger partial charge in [-0.2, -0.15) is 8.42 Å². The van der Waals surface area contributed by atoms with Crippen molar-refractivity contribution in [3.8, 4) is 17.2 Å². The van der Waals surface area contributed by atoms with Crippen LogP contribution in [0, 0.1) is 6.92 Å². The Bertz CT molecular complexity index is 1630. The molecule has 3 aromatic carbocycles. The highest BCUT2D eigenvalue weighted by Gasteiger charge is 2.37. The van der Waals surface area contributed by atoms with E-state index in [-0.39, 0.29) is 34.1 Å². The van der Waals surface area contributed by atoms with Gasteiger partial charge in [0.25, 0.3) is 11.8 Å². The van der Waals surface area contributed by atoms with Gasteiger partial charge in [-0.3, -0.25) is 14.9 Å². The fraction of sp³-hybridized carbons (Fsp3) is 0.138. The second kappa shape index (κ2) is 11.5. The smallest absolute Gasteiger partial charge is 0.339 e. The van der Waals surface area contributed by atoms with Gasteiger partial charge >= 0.3 is 16.1 Å². The first-order chi connectivity index (χ1) is 19.1. The van der Waals surface area contributed by atoms with Crippen molar-refractivity contribution in [2.24, 2.45) is 0 Å². The molecule has 1 heterocycles. The van der Waals surface area contributed by atoms with Crippen molar-refractivity contribution in [3.05, 3.63) is 95.6 Å². The van der Waals surface area contributed by atoms with Crippen molar-refractivity contribution in [2.75, 3.05) is 19.1 Å². The molecule has 1 N–H and O–H groups in total. The Kier molecular flexibility index (Phi) is 8.05. The van der Waals surface area contributed by atoms with Crippen molar-refractivity contribution in [1.82, 2.24) is 5.32 Å². The van der Waals surface area contributed by atoms with E-state index in [9.17, 15) is 22.8 Å². The summed E-state index contributed by atoms with van der Waals surface area (Å²) < 4.78 is 42.1. The van der Waals surface area contributed by atoms with Crippen LogP contribution in [0.2, 0.25) is 0 Å². The van der Waals surface area contributed by atoms with Gasteiger partial charge in [-0.1, -0.05) is 23.8 Å². The first kappa shape index (κ1) is 28.1. The average Bonchev–Trinajstić information content (AvgIpc) is 2.92. The third-order valence-corrected chi connectivity index (χ3v) is 7.22. The van der Waals surface area contributed by atoms with Crippen LogP contribution in [-0.4, -0.2) is 40.5 Å². The van der Waals surface area contributed by atoms with Crippen molar-refractivity contribution in [3.63, 3.8) is 0 Å². The van der Waals surface area contributed by atoms with Gasteiger partial charge in [0.15, 0.2) is 11.5 Å². The number of rotatable bonds is 9. The Labute approximate surface area is 231 Å². The molecule has 1 aliphatic heterocycles. The molecule has 0 saturated carbocycles. The van der Waals surface area contributed by atoms with Crippen LogP contribution in [0.1, 0.15) is 16.7 Å². The van der Waals surface area contributed by atoms with E-state index in [4.69, 9.17) is 13.7 Å². The number of imide groups is 2. The summed E-state index contributed by atoms with van der Waals surface area (Å²) in [5, 5.41) is 2.17. The largest absolute Gasteiger partial charge is 0.497 e. The van der Waals surface area contributed by atoms with Gasteiger partial charge in [0, 0.05) is 5.56 Å². The van der Waals surface area contributed by atoms with E-state index in [0.29, 0.717) is 16.9 Å². The van der Waals surface area contributed by atoms with Gasteiger partial charge in [0.05, 0.1) is 19.9 Å². The van der Waals surface area contributed by atoms with Crippen LogP contribution >= 0.6 is 0 Å². The molecule has 0 spiro atoms. The molecule has 3 aromatic rings. The predicted octanol–water partition coefficient (Wildman–Crippen LogP) is 4.17. The van der Waals surface area contributed by atoms with Crippen molar-refractivity contribution < 1.29 is 36.5 Å². The summed E-state index contributed by atoms with van der Waals surface area (Å²) in [6.45, 7) is 5.55. The minimum absolute atomic E-state index is 0.0383. The summed E-state index contributed by atoms with van der Waals surface area (Å²) in [5.74, 6) is -1.21. The van der Waals surface area contributed by atoms with E-state index in [1.54, 1.807) is 36.4 Å². The lowest BCUT2D eigenvalue weighted by Gasteiger charge is -2.26. The van der Waals surface area contributed by atoms with Gasteiger partial charge in [0.2, 0.25) is 0 Å². The lowest BCUT2D eigenvalue weighted by Crippen LogP contribution is -2.54. The van der Waals surface area contributed by atoms with E-state index in [1.165, 1.54) is 50.6 Å². The molecule has 11 heteroatoms. The SMILES string of the molecule is C=CCc1cc(/C=C2\C(=O)NC(=O)N(c3ccc(OC)cc3)C2=O)cc(OC)c1OS(=O)(=O)c1ccc(C)cc1. The molecule has 0 aromatic heterocycles. The fourth-order valence-electron chi connectivity index (χ4n) is 3.97. The van der Waals surface area contributed by atoms with Crippen molar-refractivity contribution >= 4 is 39.7 Å². The molecule has 0 bridgehead atoms. The van der Waals surface area contributed by atoms with Crippen LogP contribution in [-0.2, 0) is 26.1 Å². The second-order valence-corrected chi connectivity index (χ2v) is 10.3. The van der Waals surface area contributed by atoms with Gasteiger partial charge in [0.1, 0.15) is 16.2 Å². The van der Waals surface area contributed by atoms with Crippen LogP contribution in [0.25, 0.3) is 6.08 Å².